The molecule has 0 amide bonds. The molecule has 1 atom stereocenters. The van der Waals surface area contributed by atoms with Gasteiger partial charge in [-0.2, -0.15) is 10.1 Å². The van der Waals surface area contributed by atoms with Gasteiger partial charge in [0.2, 0.25) is 0 Å². The maximum atomic E-state index is 10.9. The molecular weight excluding hydrogens is 350 g/mol. The molecule has 140 valence electrons. The van der Waals surface area contributed by atoms with Gasteiger partial charge in [0.25, 0.3) is 11.6 Å². The third-order valence-electron chi connectivity index (χ3n) is 4.66. The minimum atomic E-state index is -0.428. The van der Waals surface area contributed by atoms with Crippen molar-refractivity contribution in [1.29, 1.82) is 0 Å². The molecule has 1 unspecified atom stereocenters. The summed E-state index contributed by atoms with van der Waals surface area (Å²) in [6.45, 7) is 2.61. The molecule has 2 aromatic heterocycles. The average molecular weight is 369 g/mol. The van der Waals surface area contributed by atoms with Gasteiger partial charge in [-0.05, 0) is 19.2 Å². The first-order valence-corrected chi connectivity index (χ1v) is 8.56. The van der Waals surface area contributed by atoms with Crippen molar-refractivity contribution in [3.63, 3.8) is 0 Å². The Hall–Kier alpha value is -3.11. The van der Waals surface area contributed by atoms with Gasteiger partial charge < -0.3 is 9.84 Å². The zero-order valence-corrected chi connectivity index (χ0v) is 15.0. The van der Waals surface area contributed by atoms with E-state index in [-0.39, 0.29) is 11.7 Å². The van der Waals surface area contributed by atoms with Gasteiger partial charge in [0.1, 0.15) is 5.69 Å². The fourth-order valence-corrected chi connectivity index (χ4v) is 3.17. The van der Waals surface area contributed by atoms with E-state index >= 15 is 0 Å². The van der Waals surface area contributed by atoms with E-state index in [9.17, 15) is 10.1 Å². The summed E-state index contributed by atoms with van der Waals surface area (Å²) in [5.41, 5.74) is 2.10. The van der Waals surface area contributed by atoms with E-state index in [1.807, 2.05) is 7.05 Å². The third kappa shape index (κ3) is 3.32. The van der Waals surface area contributed by atoms with E-state index in [0.717, 1.165) is 25.2 Å². The summed E-state index contributed by atoms with van der Waals surface area (Å²) in [5, 5.41) is 22.8. The summed E-state index contributed by atoms with van der Waals surface area (Å²) in [6, 6.07) is 6.29. The van der Waals surface area contributed by atoms with Gasteiger partial charge in [-0.3, -0.25) is 19.7 Å². The first kappa shape index (κ1) is 17.3. The lowest BCUT2D eigenvalue weighted by atomic mass is 10.1. The Morgan fingerprint density at radius 3 is 2.78 bits per heavy atom. The highest BCUT2D eigenvalue weighted by Crippen LogP contribution is 2.31. The second kappa shape index (κ2) is 6.89. The number of nitrogens with one attached hydrogen (secondary N) is 1. The van der Waals surface area contributed by atoms with Crippen LogP contribution in [0.4, 0.5) is 5.69 Å². The van der Waals surface area contributed by atoms with Crippen LogP contribution in [0.25, 0.3) is 22.7 Å². The van der Waals surface area contributed by atoms with Crippen LogP contribution in [0, 0.1) is 10.1 Å². The molecule has 10 nitrogen and oxygen atoms in total. The lowest BCUT2D eigenvalue weighted by molar-refractivity contribution is -0.384. The van der Waals surface area contributed by atoms with Gasteiger partial charge in [-0.15, -0.1) is 0 Å². The molecule has 0 aliphatic carbocycles. The zero-order chi connectivity index (χ0) is 19.0. The predicted molar refractivity (Wildman–Crippen MR) is 96.8 cm³/mol. The number of nitrogens with zero attached hydrogens (tertiary/aromatic N) is 6. The Morgan fingerprint density at radius 1 is 1.30 bits per heavy atom. The number of non-ortho nitro benzene ring substituents is 1. The molecule has 1 aromatic carbocycles. The van der Waals surface area contributed by atoms with Crippen LogP contribution in [0.3, 0.4) is 0 Å². The highest BCUT2D eigenvalue weighted by atomic mass is 16.6. The molecule has 1 N–H and O–H groups in total. The normalized spacial score (nSPS) is 17.9. The van der Waals surface area contributed by atoms with E-state index in [1.54, 1.807) is 30.1 Å². The number of hydrogen-bond donors (Lipinski definition) is 1. The van der Waals surface area contributed by atoms with Gasteiger partial charge in [0.15, 0.2) is 5.82 Å². The molecule has 0 radical (unpaired) electrons. The quantitative estimate of drug-likeness (QED) is 0.545. The molecular formula is C17H19N7O3. The molecule has 0 saturated carbocycles. The molecule has 0 bridgehead atoms. The number of nitro groups is 1. The number of aromatic nitrogens is 4. The van der Waals surface area contributed by atoms with Crippen molar-refractivity contribution in [2.45, 2.75) is 6.04 Å². The second-order valence-corrected chi connectivity index (χ2v) is 6.53. The maximum absolute atomic E-state index is 10.9. The minimum absolute atomic E-state index is 0.0316. The third-order valence-corrected chi connectivity index (χ3v) is 4.66. The monoisotopic (exact) mass is 369 g/mol. The van der Waals surface area contributed by atoms with E-state index in [4.69, 9.17) is 4.52 Å². The van der Waals surface area contributed by atoms with Crippen molar-refractivity contribution in [3.8, 4) is 22.7 Å². The van der Waals surface area contributed by atoms with Crippen LogP contribution in [0.5, 0.6) is 0 Å². The Bertz CT molecular complexity index is 963. The Balaban J connectivity index is 1.68. The van der Waals surface area contributed by atoms with Crippen molar-refractivity contribution in [3.05, 3.63) is 46.4 Å². The summed E-state index contributed by atoms with van der Waals surface area (Å²) in [7, 11) is 3.84. The standard InChI is InChI=1S/C17H19N7O3/c1-22-8-7-18-9-14(22)16-19-17(27-21-16)13-10-23(2)20-15(13)11-3-5-12(6-4-11)24(25)26/h3-6,10,14,18H,7-9H2,1-2H3. The van der Waals surface area contributed by atoms with Crippen LogP contribution >= 0.6 is 0 Å². The van der Waals surface area contributed by atoms with E-state index < -0.39 is 4.92 Å². The molecule has 1 fully saturated rings. The van der Waals surface area contributed by atoms with Crippen LogP contribution in [0.1, 0.15) is 11.9 Å². The minimum Gasteiger partial charge on any atom is -0.334 e. The Kier molecular flexibility index (Phi) is 4.42. The van der Waals surface area contributed by atoms with Gasteiger partial charge in [0.05, 0.1) is 16.5 Å². The van der Waals surface area contributed by atoms with Crippen molar-refractivity contribution >= 4 is 5.69 Å². The average Bonchev–Trinajstić information content (AvgIpc) is 3.29. The molecule has 3 aromatic rings. The summed E-state index contributed by atoms with van der Waals surface area (Å²) >= 11 is 0. The second-order valence-electron chi connectivity index (χ2n) is 6.53. The van der Waals surface area contributed by atoms with Crippen molar-refractivity contribution < 1.29 is 9.45 Å². The van der Waals surface area contributed by atoms with Gasteiger partial charge in [-0.25, -0.2) is 0 Å². The van der Waals surface area contributed by atoms with Crippen LogP contribution in [0.2, 0.25) is 0 Å². The van der Waals surface area contributed by atoms with Crippen LogP contribution in [-0.2, 0) is 7.05 Å². The Morgan fingerprint density at radius 2 is 2.07 bits per heavy atom. The van der Waals surface area contributed by atoms with Crippen LogP contribution in [0.15, 0.2) is 35.0 Å². The number of aryl methyl sites for hydroxylation is 1. The number of piperazine rings is 1. The molecule has 1 saturated heterocycles. The number of nitro benzene ring substituents is 1. The van der Waals surface area contributed by atoms with Gasteiger partial charge >= 0.3 is 0 Å². The molecule has 1 aliphatic heterocycles. The molecule has 1 aliphatic rings. The topological polar surface area (TPSA) is 115 Å². The van der Waals surface area contributed by atoms with Crippen LogP contribution in [-0.4, -0.2) is 56.4 Å². The summed E-state index contributed by atoms with van der Waals surface area (Å²) in [6.07, 6.45) is 1.80. The number of hydrogen-bond acceptors (Lipinski definition) is 8. The largest absolute Gasteiger partial charge is 0.334 e. The SMILES string of the molecule is CN1CCNCC1c1noc(-c2cn(C)nc2-c2ccc([N+](=O)[O-])cc2)n1. The summed E-state index contributed by atoms with van der Waals surface area (Å²) in [4.78, 5) is 17.2. The number of benzene rings is 1. The predicted octanol–water partition coefficient (Wildman–Crippen LogP) is 1.62. The smallest absolute Gasteiger partial charge is 0.269 e. The number of likely N-dealkylation sites (N-methyl/N-ethyl adjacent to an activating group) is 1. The van der Waals surface area contributed by atoms with Crippen molar-refractivity contribution in [2.24, 2.45) is 7.05 Å². The van der Waals surface area contributed by atoms with Crippen molar-refractivity contribution in [2.75, 3.05) is 26.7 Å². The highest BCUT2D eigenvalue weighted by molar-refractivity contribution is 5.76. The molecule has 10 heteroatoms. The van der Waals surface area contributed by atoms with Gasteiger partial charge in [0, 0.05) is 50.6 Å². The first-order chi connectivity index (χ1) is 13.0. The number of rotatable bonds is 4. The lowest BCUT2D eigenvalue weighted by Crippen LogP contribution is -2.44. The molecule has 0 spiro atoms. The molecule has 27 heavy (non-hydrogen) atoms. The fourth-order valence-electron chi connectivity index (χ4n) is 3.17. The van der Waals surface area contributed by atoms with Crippen molar-refractivity contribution in [1.82, 2.24) is 30.1 Å². The molecule has 3 heterocycles. The van der Waals surface area contributed by atoms with Gasteiger partial charge in [-0.1, -0.05) is 5.16 Å². The van der Waals surface area contributed by atoms with E-state index in [0.29, 0.717) is 23.0 Å². The summed E-state index contributed by atoms with van der Waals surface area (Å²) < 4.78 is 7.17. The fraction of sp³-hybridized carbons (Fsp3) is 0.353. The maximum Gasteiger partial charge on any atom is 0.269 e. The molecule has 4 rings (SSSR count). The van der Waals surface area contributed by atoms with E-state index in [1.165, 1.54) is 12.1 Å². The van der Waals surface area contributed by atoms with E-state index in [2.05, 4.69) is 25.5 Å². The lowest BCUT2D eigenvalue weighted by Gasteiger charge is -2.30. The summed E-state index contributed by atoms with van der Waals surface area (Å²) in [5.74, 6) is 1.00. The highest BCUT2D eigenvalue weighted by Gasteiger charge is 2.27. The van der Waals surface area contributed by atoms with Crippen LogP contribution < -0.4 is 5.32 Å². The first-order valence-electron chi connectivity index (χ1n) is 8.56. The zero-order valence-electron chi connectivity index (χ0n) is 15.0. The Labute approximate surface area is 154 Å².